The molecule has 1 amide bonds. The van der Waals surface area contributed by atoms with E-state index in [0.717, 1.165) is 31.8 Å². The maximum Gasteiger partial charge on any atom is 0.236 e. The third kappa shape index (κ3) is 5.03. The van der Waals surface area contributed by atoms with Crippen molar-refractivity contribution in [2.75, 3.05) is 31.6 Å². The molecule has 2 rings (SSSR count). The maximum absolute atomic E-state index is 11.8. The standard InChI is InChI=1S/C13H25N3O3S/c1-20(18,19)7-5-12(14)13(17)15-8-10-4-6-16(9-10)11-2-3-11/h10-12H,2-9,14H2,1H3,(H,15,17). The van der Waals surface area contributed by atoms with Crippen molar-refractivity contribution in [3.05, 3.63) is 0 Å². The largest absolute Gasteiger partial charge is 0.354 e. The quantitative estimate of drug-likeness (QED) is 0.652. The Hall–Kier alpha value is -0.660. The van der Waals surface area contributed by atoms with Gasteiger partial charge in [0.2, 0.25) is 5.91 Å². The molecule has 20 heavy (non-hydrogen) atoms. The first-order valence-corrected chi connectivity index (χ1v) is 9.36. The topological polar surface area (TPSA) is 92.5 Å². The lowest BCUT2D eigenvalue weighted by atomic mass is 10.1. The highest BCUT2D eigenvalue weighted by Crippen LogP contribution is 2.31. The van der Waals surface area contributed by atoms with Crippen LogP contribution in [0.3, 0.4) is 0 Å². The van der Waals surface area contributed by atoms with Gasteiger partial charge in [0, 0.05) is 25.4 Å². The second kappa shape index (κ2) is 6.41. The van der Waals surface area contributed by atoms with Crippen LogP contribution in [0.1, 0.15) is 25.7 Å². The van der Waals surface area contributed by atoms with E-state index in [1.807, 2.05) is 0 Å². The molecule has 1 aliphatic heterocycles. The number of rotatable bonds is 7. The first kappa shape index (κ1) is 15.7. The molecule has 0 bridgehead atoms. The van der Waals surface area contributed by atoms with Crippen molar-refractivity contribution >= 4 is 15.7 Å². The summed E-state index contributed by atoms with van der Waals surface area (Å²) in [4.78, 5) is 14.3. The monoisotopic (exact) mass is 303 g/mol. The second-order valence-electron chi connectivity index (χ2n) is 6.15. The second-order valence-corrected chi connectivity index (χ2v) is 8.41. The van der Waals surface area contributed by atoms with Crippen molar-refractivity contribution in [3.8, 4) is 0 Å². The summed E-state index contributed by atoms with van der Waals surface area (Å²) in [6.45, 7) is 2.84. The van der Waals surface area contributed by atoms with Crippen molar-refractivity contribution in [2.45, 2.75) is 37.8 Å². The van der Waals surface area contributed by atoms with Gasteiger partial charge in [-0.15, -0.1) is 0 Å². The molecule has 6 nitrogen and oxygen atoms in total. The van der Waals surface area contributed by atoms with Gasteiger partial charge in [-0.3, -0.25) is 4.79 Å². The van der Waals surface area contributed by atoms with Crippen LogP contribution < -0.4 is 11.1 Å². The minimum atomic E-state index is -3.06. The fraction of sp³-hybridized carbons (Fsp3) is 0.923. The highest BCUT2D eigenvalue weighted by atomic mass is 32.2. The van der Waals surface area contributed by atoms with Gasteiger partial charge in [0.15, 0.2) is 0 Å². The number of sulfone groups is 1. The van der Waals surface area contributed by atoms with Crippen molar-refractivity contribution in [2.24, 2.45) is 11.7 Å². The number of hydrogen-bond donors (Lipinski definition) is 2. The van der Waals surface area contributed by atoms with Crippen LogP contribution in [0.4, 0.5) is 0 Å². The minimum Gasteiger partial charge on any atom is -0.354 e. The number of amides is 1. The molecule has 2 unspecified atom stereocenters. The van der Waals surface area contributed by atoms with Gasteiger partial charge in [0.05, 0.1) is 11.8 Å². The average Bonchev–Trinajstić information content (AvgIpc) is 3.12. The molecule has 1 saturated heterocycles. The lowest BCUT2D eigenvalue weighted by Crippen LogP contribution is -2.43. The Morgan fingerprint density at radius 2 is 2.10 bits per heavy atom. The van der Waals surface area contributed by atoms with E-state index in [1.54, 1.807) is 0 Å². The van der Waals surface area contributed by atoms with E-state index in [2.05, 4.69) is 10.2 Å². The van der Waals surface area contributed by atoms with E-state index in [1.165, 1.54) is 12.8 Å². The normalized spacial score (nSPS) is 25.6. The summed E-state index contributed by atoms with van der Waals surface area (Å²) in [7, 11) is -3.06. The van der Waals surface area contributed by atoms with Gasteiger partial charge >= 0.3 is 0 Å². The smallest absolute Gasteiger partial charge is 0.236 e. The summed E-state index contributed by atoms with van der Waals surface area (Å²) in [6.07, 6.45) is 5.09. The molecule has 2 aliphatic rings. The molecule has 1 saturated carbocycles. The SMILES string of the molecule is CS(=O)(=O)CCC(N)C(=O)NCC1CCN(C2CC2)C1. The Morgan fingerprint density at radius 3 is 2.70 bits per heavy atom. The minimum absolute atomic E-state index is 0.0412. The number of nitrogens with two attached hydrogens (primary N) is 1. The maximum atomic E-state index is 11.8. The van der Waals surface area contributed by atoms with E-state index in [0.29, 0.717) is 12.5 Å². The van der Waals surface area contributed by atoms with Crippen LogP contribution in [0.25, 0.3) is 0 Å². The predicted molar refractivity (Wildman–Crippen MR) is 78.0 cm³/mol. The fourth-order valence-corrected chi connectivity index (χ4v) is 3.33. The summed E-state index contributed by atoms with van der Waals surface area (Å²) in [5, 5.41) is 2.86. The molecule has 2 atom stereocenters. The Bertz CT molecular complexity index is 448. The highest BCUT2D eigenvalue weighted by molar-refractivity contribution is 7.90. The van der Waals surface area contributed by atoms with Crippen LogP contribution in [-0.2, 0) is 14.6 Å². The van der Waals surface area contributed by atoms with Gasteiger partial charge in [-0.2, -0.15) is 0 Å². The lowest BCUT2D eigenvalue weighted by Gasteiger charge is -2.16. The van der Waals surface area contributed by atoms with Crippen molar-refractivity contribution in [1.82, 2.24) is 10.2 Å². The van der Waals surface area contributed by atoms with E-state index in [4.69, 9.17) is 5.73 Å². The van der Waals surface area contributed by atoms with Crippen LogP contribution in [0.15, 0.2) is 0 Å². The van der Waals surface area contributed by atoms with Crippen LogP contribution in [0.5, 0.6) is 0 Å². The third-order valence-electron chi connectivity index (χ3n) is 4.08. The van der Waals surface area contributed by atoms with E-state index >= 15 is 0 Å². The van der Waals surface area contributed by atoms with Gasteiger partial charge in [-0.1, -0.05) is 0 Å². The zero-order valence-corrected chi connectivity index (χ0v) is 12.9. The third-order valence-corrected chi connectivity index (χ3v) is 5.06. The van der Waals surface area contributed by atoms with Crippen LogP contribution >= 0.6 is 0 Å². The molecule has 0 aromatic carbocycles. The number of hydrogen-bond acceptors (Lipinski definition) is 5. The molecule has 0 aromatic heterocycles. The summed E-state index contributed by atoms with van der Waals surface area (Å²) in [5.41, 5.74) is 5.71. The molecule has 0 radical (unpaired) electrons. The number of likely N-dealkylation sites (tertiary alicyclic amines) is 1. The Kier molecular flexibility index (Phi) is 5.04. The lowest BCUT2D eigenvalue weighted by molar-refractivity contribution is -0.122. The first-order valence-electron chi connectivity index (χ1n) is 7.30. The van der Waals surface area contributed by atoms with Gasteiger partial charge in [0.1, 0.15) is 9.84 Å². The predicted octanol–water partition coefficient (Wildman–Crippen LogP) is -0.651. The summed E-state index contributed by atoms with van der Waals surface area (Å²) in [5.74, 6) is 0.223. The van der Waals surface area contributed by atoms with Gasteiger partial charge in [0.25, 0.3) is 0 Å². The Morgan fingerprint density at radius 1 is 1.40 bits per heavy atom. The first-order chi connectivity index (χ1) is 9.35. The fourth-order valence-electron chi connectivity index (χ4n) is 2.65. The number of carbonyl (C=O) groups excluding carboxylic acids is 1. The van der Waals surface area contributed by atoms with Crippen LogP contribution in [0.2, 0.25) is 0 Å². The van der Waals surface area contributed by atoms with E-state index in [9.17, 15) is 13.2 Å². The van der Waals surface area contributed by atoms with Crippen molar-refractivity contribution in [3.63, 3.8) is 0 Å². The molecular formula is C13H25N3O3S. The zero-order valence-electron chi connectivity index (χ0n) is 12.0. The van der Waals surface area contributed by atoms with Gasteiger partial charge in [-0.05, 0) is 38.1 Å². The molecular weight excluding hydrogens is 278 g/mol. The van der Waals surface area contributed by atoms with Crippen molar-refractivity contribution < 1.29 is 13.2 Å². The highest BCUT2D eigenvalue weighted by Gasteiger charge is 2.34. The molecule has 3 N–H and O–H groups in total. The Labute approximate surface area is 121 Å². The molecule has 7 heteroatoms. The van der Waals surface area contributed by atoms with E-state index in [-0.39, 0.29) is 18.1 Å². The number of nitrogens with zero attached hydrogens (tertiary/aromatic N) is 1. The summed E-state index contributed by atoms with van der Waals surface area (Å²) >= 11 is 0. The molecule has 2 fully saturated rings. The molecule has 1 heterocycles. The average molecular weight is 303 g/mol. The summed E-state index contributed by atoms with van der Waals surface area (Å²) in [6, 6.07) is 0.0541. The molecule has 1 aliphatic carbocycles. The Balaban J connectivity index is 1.64. The number of nitrogens with one attached hydrogen (secondary N) is 1. The molecule has 0 aromatic rings. The van der Waals surface area contributed by atoms with Crippen LogP contribution in [-0.4, -0.2) is 63.0 Å². The van der Waals surface area contributed by atoms with E-state index < -0.39 is 15.9 Å². The molecule has 116 valence electrons. The number of carbonyl (C=O) groups is 1. The van der Waals surface area contributed by atoms with Crippen molar-refractivity contribution in [1.29, 1.82) is 0 Å². The summed E-state index contributed by atoms with van der Waals surface area (Å²) < 4.78 is 22.1. The van der Waals surface area contributed by atoms with Gasteiger partial charge < -0.3 is 16.0 Å². The molecule has 0 spiro atoms. The van der Waals surface area contributed by atoms with Gasteiger partial charge in [-0.25, -0.2) is 8.42 Å². The zero-order chi connectivity index (χ0) is 14.8. The van der Waals surface area contributed by atoms with Crippen LogP contribution in [0, 0.1) is 5.92 Å².